The van der Waals surface area contributed by atoms with E-state index in [2.05, 4.69) is 134 Å². The van der Waals surface area contributed by atoms with Crippen LogP contribution >= 0.6 is 22.7 Å². The summed E-state index contributed by atoms with van der Waals surface area (Å²) in [5, 5.41) is 8.17. The molecule has 1 aliphatic carbocycles. The number of hydrogen-bond donors (Lipinski definition) is 0. The van der Waals surface area contributed by atoms with Crippen LogP contribution in [0.1, 0.15) is 25.0 Å². The molecular formula is C39H25NS2. The van der Waals surface area contributed by atoms with Crippen LogP contribution in [0.4, 0.5) is 0 Å². The van der Waals surface area contributed by atoms with Crippen molar-refractivity contribution in [2.24, 2.45) is 0 Å². The average Bonchev–Trinajstić information content (AvgIpc) is 3.74. The number of fused-ring (bicyclic) bond motifs is 15. The van der Waals surface area contributed by atoms with Gasteiger partial charge in [-0.15, -0.1) is 22.7 Å². The first kappa shape index (κ1) is 23.2. The Morgan fingerprint density at radius 1 is 0.571 bits per heavy atom. The van der Waals surface area contributed by atoms with Crippen LogP contribution in [-0.2, 0) is 5.41 Å². The van der Waals surface area contributed by atoms with Crippen LogP contribution < -0.4 is 0 Å². The number of benzene rings is 6. The van der Waals surface area contributed by atoms with Crippen molar-refractivity contribution in [1.29, 1.82) is 0 Å². The molecule has 1 nitrogen and oxygen atoms in total. The van der Waals surface area contributed by atoms with Crippen LogP contribution in [0.3, 0.4) is 0 Å². The zero-order chi connectivity index (χ0) is 27.7. The van der Waals surface area contributed by atoms with E-state index in [4.69, 9.17) is 0 Å². The van der Waals surface area contributed by atoms with E-state index in [0.717, 1.165) is 0 Å². The molecule has 42 heavy (non-hydrogen) atoms. The van der Waals surface area contributed by atoms with Crippen molar-refractivity contribution in [3.8, 4) is 16.8 Å². The molecule has 0 fully saturated rings. The number of hydrogen-bond acceptors (Lipinski definition) is 2. The summed E-state index contributed by atoms with van der Waals surface area (Å²) in [6.07, 6.45) is 0. The Morgan fingerprint density at radius 3 is 2.10 bits per heavy atom. The number of nitrogens with zero attached hydrogens (tertiary/aromatic N) is 1. The van der Waals surface area contributed by atoms with Crippen molar-refractivity contribution in [2.45, 2.75) is 19.3 Å². The number of aromatic nitrogens is 1. The summed E-state index contributed by atoms with van der Waals surface area (Å²) in [5.74, 6) is 0. The summed E-state index contributed by atoms with van der Waals surface area (Å²) in [7, 11) is 0. The number of para-hydroxylation sites is 1. The van der Waals surface area contributed by atoms with Gasteiger partial charge in [0.05, 0.1) is 11.0 Å². The Kier molecular flexibility index (Phi) is 4.35. The van der Waals surface area contributed by atoms with Crippen LogP contribution in [0.25, 0.3) is 79.0 Å². The van der Waals surface area contributed by atoms with E-state index < -0.39 is 0 Å². The summed E-state index contributed by atoms with van der Waals surface area (Å²) in [4.78, 5) is 0. The van der Waals surface area contributed by atoms with Gasteiger partial charge >= 0.3 is 0 Å². The number of thiophene rings is 2. The maximum absolute atomic E-state index is 2.58. The van der Waals surface area contributed by atoms with Gasteiger partial charge in [0, 0.05) is 62.2 Å². The van der Waals surface area contributed by atoms with E-state index in [0.29, 0.717) is 0 Å². The quantitative estimate of drug-likeness (QED) is 0.185. The first-order chi connectivity index (χ1) is 20.6. The monoisotopic (exact) mass is 571 g/mol. The highest BCUT2D eigenvalue weighted by Crippen LogP contribution is 2.58. The highest BCUT2D eigenvalue weighted by molar-refractivity contribution is 7.27. The van der Waals surface area contributed by atoms with Gasteiger partial charge in [0.1, 0.15) is 0 Å². The Bertz CT molecular complexity index is 2610. The summed E-state index contributed by atoms with van der Waals surface area (Å²) in [6.45, 7) is 4.85. The molecule has 9 aromatic rings. The molecule has 0 saturated carbocycles. The van der Waals surface area contributed by atoms with Crippen molar-refractivity contribution < 1.29 is 0 Å². The summed E-state index contributed by atoms with van der Waals surface area (Å²) in [6, 6.07) is 43.0. The minimum absolute atomic E-state index is 0.146. The Morgan fingerprint density at radius 2 is 1.24 bits per heavy atom. The van der Waals surface area contributed by atoms with Crippen molar-refractivity contribution in [2.75, 3.05) is 0 Å². The zero-order valence-corrected chi connectivity index (χ0v) is 24.9. The summed E-state index contributed by atoms with van der Waals surface area (Å²) < 4.78 is 8.01. The van der Waals surface area contributed by atoms with Gasteiger partial charge < -0.3 is 4.57 Å². The standard InChI is InChI=1S/C39H25NS2/c1-39(2)28-15-7-3-12-24(28)33-34-26-14-6-10-18-31(26)42-38(34)35-25-13-4-8-16-29(25)40(37(35)36(33)39)22-19-20-32-27(21-22)23-11-5-9-17-30(23)41-32/h3-21H,1-2H3. The molecule has 3 heteroatoms. The summed E-state index contributed by atoms with van der Waals surface area (Å²) in [5.41, 5.74) is 9.36. The van der Waals surface area contributed by atoms with E-state index in [-0.39, 0.29) is 5.41 Å². The zero-order valence-electron chi connectivity index (χ0n) is 23.2. The fraction of sp³-hybridized carbons (Fsp3) is 0.0769. The second-order valence-corrected chi connectivity index (χ2v) is 14.2. The second-order valence-electron chi connectivity index (χ2n) is 12.1. The average molecular weight is 572 g/mol. The van der Waals surface area contributed by atoms with Gasteiger partial charge in [-0.05, 0) is 58.7 Å². The molecule has 0 spiro atoms. The fourth-order valence-electron chi connectivity index (χ4n) is 7.80. The molecule has 6 aromatic carbocycles. The third-order valence-corrected chi connectivity index (χ3v) is 11.9. The molecule has 3 aromatic heterocycles. The minimum Gasteiger partial charge on any atom is -0.309 e. The van der Waals surface area contributed by atoms with Gasteiger partial charge in [-0.25, -0.2) is 0 Å². The molecule has 0 radical (unpaired) electrons. The molecule has 0 N–H and O–H groups in total. The molecule has 198 valence electrons. The van der Waals surface area contributed by atoms with Crippen molar-refractivity contribution in [3.05, 3.63) is 126 Å². The largest absolute Gasteiger partial charge is 0.309 e. The molecule has 0 atom stereocenters. The van der Waals surface area contributed by atoms with Crippen LogP contribution in [0.2, 0.25) is 0 Å². The molecule has 10 rings (SSSR count). The van der Waals surface area contributed by atoms with Crippen molar-refractivity contribution >= 4 is 84.8 Å². The van der Waals surface area contributed by atoms with Crippen molar-refractivity contribution in [1.82, 2.24) is 4.57 Å². The lowest BCUT2D eigenvalue weighted by Crippen LogP contribution is -2.16. The Hall–Kier alpha value is -4.44. The highest BCUT2D eigenvalue weighted by atomic mass is 32.1. The van der Waals surface area contributed by atoms with E-state index in [1.54, 1.807) is 0 Å². The maximum atomic E-state index is 2.58. The Balaban J connectivity index is 1.48. The van der Waals surface area contributed by atoms with Crippen LogP contribution in [0, 0.1) is 0 Å². The lowest BCUT2D eigenvalue weighted by Gasteiger charge is -2.24. The molecule has 0 unspecified atom stereocenters. The van der Waals surface area contributed by atoms with Gasteiger partial charge in [-0.2, -0.15) is 0 Å². The topological polar surface area (TPSA) is 4.93 Å². The van der Waals surface area contributed by atoms with E-state index >= 15 is 0 Å². The third kappa shape index (κ3) is 2.74. The maximum Gasteiger partial charge on any atom is 0.0602 e. The van der Waals surface area contributed by atoms with Gasteiger partial charge in [0.2, 0.25) is 0 Å². The molecule has 0 bridgehead atoms. The normalized spacial score (nSPS) is 14.1. The lowest BCUT2D eigenvalue weighted by molar-refractivity contribution is 0.664. The van der Waals surface area contributed by atoms with Gasteiger partial charge in [0.25, 0.3) is 0 Å². The van der Waals surface area contributed by atoms with Gasteiger partial charge in [0.15, 0.2) is 0 Å². The lowest BCUT2D eigenvalue weighted by atomic mass is 9.81. The molecule has 1 aliphatic rings. The Labute approximate surface area is 250 Å². The third-order valence-electron chi connectivity index (χ3n) is 9.55. The molecular weight excluding hydrogens is 547 g/mol. The molecule has 0 saturated heterocycles. The first-order valence-electron chi connectivity index (χ1n) is 14.5. The van der Waals surface area contributed by atoms with Crippen LogP contribution in [0.5, 0.6) is 0 Å². The molecule has 3 heterocycles. The van der Waals surface area contributed by atoms with Gasteiger partial charge in [-0.1, -0.05) is 92.7 Å². The van der Waals surface area contributed by atoms with Crippen molar-refractivity contribution in [3.63, 3.8) is 0 Å². The number of rotatable bonds is 1. The molecule has 0 amide bonds. The first-order valence-corrected chi connectivity index (χ1v) is 16.2. The van der Waals surface area contributed by atoms with Crippen LogP contribution in [0.15, 0.2) is 115 Å². The second kappa shape index (κ2) is 7.89. The smallest absolute Gasteiger partial charge is 0.0602 e. The summed E-state index contributed by atoms with van der Waals surface area (Å²) >= 11 is 3.83. The molecule has 0 aliphatic heterocycles. The minimum atomic E-state index is -0.146. The van der Waals surface area contributed by atoms with Crippen LogP contribution in [-0.4, -0.2) is 4.57 Å². The fourth-order valence-corrected chi connectivity index (χ4v) is 10.2. The van der Waals surface area contributed by atoms with E-state index in [1.165, 1.54) is 90.1 Å². The van der Waals surface area contributed by atoms with E-state index in [1.807, 2.05) is 22.7 Å². The SMILES string of the molecule is CC1(C)c2ccccc2-c2c1c1c(c3ccccc3n1-c1ccc3sc4ccccc4c3c1)c1sc3ccccc3c21. The highest BCUT2D eigenvalue weighted by Gasteiger charge is 2.41. The van der Waals surface area contributed by atoms with Gasteiger partial charge in [-0.3, -0.25) is 0 Å². The van der Waals surface area contributed by atoms with E-state index in [9.17, 15) is 0 Å². The predicted octanol–water partition coefficient (Wildman–Crippen LogP) is 11.8. The predicted molar refractivity (Wildman–Crippen MR) is 184 cm³/mol.